The Bertz CT molecular complexity index is 203. The van der Waals surface area contributed by atoms with Gasteiger partial charge in [-0.1, -0.05) is 19.3 Å². The first-order chi connectivity index (χ1) is 7.72. The van der Waals surface area contributed by atoms with E-state index in [4.69, 9.17) is 4.74 Å². The Kier molecular flexibility index (Phi) is 6.42. The third-order valence-electron chi connectivity index (χ3n) is 3.09. The minimum absolute atomic E-state index is 0.107. The molecule has 0 aromatic rings. The van der Waals surface area contributed by atoms with Gasteiger partial charge in [0, 0.05) is 19.7 Å². The third kappa shape index (κ3) is 5.47. The van der Waals surface area contributed by atoms with Crippen molar-refractivity contribution in [3.05, 3.63) is 0 Å². The molecule has 1 unspecified atom stereocenters. The molecule has 0 radical (unpaired) electrons. The zero-order chi connectivity index (χ0) is 11.8. The number of hydrogen-bond donors (Lipinski definition) is 2. The molecule has 0 aromatic carbocycles. The second kappa shape index (κ2) is 7.63. The van der Waals surface area contributed by atoms with E-state index in [-0.39, 0.29) is 12.0 Å². The summed E-state index contributed by atoms with van der Waals surface area (Å²) in [4.78, 5) is 11.6. The number of hydrogen-bond acceptors (Lipinski definition) is 3. The zero-order valence-corrected chi connectivity index (χ0v) is 10.4. The molecule has 4 heteroatoms. The summed E-state index contributed by atoms with van der Waals surface area (Å²) in [5, 5.41) is 6.16. The minimum Gasteiger partial charge on any atom is -0.380 e. The van der Waals surface area contributed by atoms with E-state index >= 15 is 0 Å². The maximum Gasteiger partial charge on any atom is 0.234 e. The molecule has 0 spiro atoms. The Morgan fingerprint density at radius 3 is 2.69 bits per heavy atom. The summed E-state index contributed by atoms with van der Waals surface area (Å²) in [5.74, 6) is 0.107. The van der Waals surface area contributed by atoms with Crippen LogP contribution in [-0.4, -0.2) is 38.3 Å². The summed E-state index contributed by atoms with van der Waals surface area (Å²) in [7, 11) is 1.68. The molecule has 2 N–H and O–H groups in total. The summed E-state index contributed by atoms with van der Waals surface area (Å²) in [6.45, 7) is 3.09. The lowest BCUT2D eigenvalue weighted by Gasteiger charge is -2.23. The van der Waals surface area contributed by atoms with Crippen LogP contribution in [0.5, 0.6) is 0 Å². The molecule has 0 bridgehead atoms. The van der Waals surface area contributed by atoms with Crippen LogP contribution in [0.15, 0.2) is 0 Å². The van der Waals surface area contributed by atoms with Crippen molar-refractivity contribution in [2.24, 2.45) is 0 Å². The first kappa shape index (κ1) is 13.5. The van der Waals surface area contributed by atoms with Crippen LogP contribution in [0.1, 0.15) is 39.0 Å². The molecule has 94 valence electrons. The molecular formula is C12H24N2O2. The smallest absolute Gasteiger partial charge is 0.234 e. The first-order valence-corrected chi connectivity index (χ1v) is 6.25. The number of methoxy groups -OCH3 is 1. The van der Waals surface area contributed by atoms with Crippen LogP contribution in [0.25, 0.3) is 0 Å². The Labute approximate surface area is 98.1 Å². The second-order valence-electron chi connectivity index (χ2n) is 4.58. The molecule has 0 heterocycles. The van der Waals surface area contributed by atoms with Crippen molar-refractivity contribution in [2.45, 2.75) is 51.2 Å². The zero-order valence-electron chi connectivity index (χ0n) is 10.4. The number of carbonyl (C=O) groups excluding carboxylic acids is 1. The van der Waals surface area contributed by atoms with E-state index in [1.54, 1.807) is 7.11 Å². The van der Waals surface area contributed by atoms with Crippen molar-refractivity contribution >= 4 is 5.91 Å². The fourth-order valence-corrected chi connectivity index (χ4v) is 2.00. The predicted octanol–water partition coefficient (Wildman–Crippen LogP) is 1.06. The van der Waals surface area contributed by atoms with E-state index in [1.165, 1.54) is 19.3 Å². The monoisotopic (exact) mass is 228 g/mol. The molecule has 1 fully saturated rings. The maximum absolute atomic E-state index is 11.6. The molecule has 16 heavy (non-hydrogen) atoms. The first-order valence-electron chi connectivity index (χ1n) is 6.25. The number of nitrogens with one attached hydrogen (secondary N) is 2. The van der Waals surface area contributed by atoms with Gasteiger partial charge in [-0.3, -0.25) is 4.79 Å². The summed E-state index contributed by atoms with van der Waals surface area (Å²) >= 11 is 0. The van der Waals surface area contributed by atoms with Gasteiger partial charge in [0.1, 0.15) is 0 Å². The number of rotatable bonds is 6. The van der Waals surface area contributed by atoms with Gasteiger partial charge < -0.3 is 15.4 Å². The Hall–Kier alpha value is -0.610. The minimum atomic E-state index is 0.107. The van der Waals surface area contributed by atoms with Crippen LogP contribution in [0.3, 0.4) is 0 Å². The largest absolute Gasteiger partial charge is 0.380 e. The Balaban J connectivity index is 2.05. The van der Waals surface area contributed by atoms with E-state index in [0.29, 0.717) is 19.1 Å². The van der Waals surface area contributed by atoms with E-state index in [1.807, 2.05) is 6.92 Å². The van der Waals surface area contributed by atoms with Crippen molar-refractivity contribution < 1.29 is 9.53 Å². The van der Waals surface area contributed by atoms with Crippen molar-refractivity contribution in [3.8, 4) is 0 Å². The molecule has 4 nitrogen and oxygen atoms in total. The molecule has 1 saturated carbocycles. The van der Waals surface area contributed by atoms with Crippen LogP contribution in [0.4, 0.5) is 0 Å². The molecule has 1 atom stereocenters. The van der Waals surface area contributed by atoms with Gasteiger partial charge in [0.15, 0.2) is 0 Å². The van der Waals surface area contributed by atoms with Gasteiger partial charge in [0.05, 0.1) is 12.6 Å². The predicted molar refractivity (Wildman–Crippen MR) is 64.4 cm³/mol. The van der Waals surface area contributed by atoms with Crippen molar-refractivity contribution in [1.29, 1.82) is 0 Å². The Morgan fingerprint density at radius 1 is 1.38 bits per heavy atom. The number of carbonyl (C=O) groups is 1. The lowest BCUT2D eigenvalue weighted by atomic mass is 9.95. The van der Waals surface area contributed by atoms with Gasteiger partial charge >= 0.3 is 0 Å². The second-order valence-corrected chi connectivity index (χ2v) is 4.58. The van der Waals surface area contributed by atoms with Crippen LogP contribution in [0.2, 0.25) is 0 Å². The van der Waals surface area contributed by atoms with Gasteiger partial charge in [-0.2, -0.15) is 0 Å². The molecule has 0 saturated heterocycles. The maximum atomic E-state index is 11.6. The quantitative estimate of drug-likeness (QED) is 0.714. The van der Waals surface area contributed by atoms with Crippen molar-refractivity contribution in [1.82, 2.24) is 10.6 Å². The van der Waals surface area contributed by atoms with E-state index < -0.39 is 0 Å². The van der Waals surface area contributed by atoms with Gasteiger partial charge in [-0.15, -0.1) is 0 Å². The highest BCUT2D eigenvalue weighted by atomic mass is 16.5. The number of ether oxygens (including phenoxy) is 1. The van der Waals surface area contributed by atoms with E-state index in [9.17, 15) is 4.79 Å². The van der Waals surface area contributed by atoms with Crippen LogP contribution in [0, 0.1) is 0 Å². The lowest BCUT2D eigenvalue weighted by molar-refractivity contribution is -0.121. The van der Waals surface area contributed by atoms with Gasteiger partial charge in [0.2, 0.25) is 5.91 Å². The summed E-state index contributed by atoms with van der Waals surface area (Å²) in [6, 6.07) is 0.405. The van der Waals surface area contributed by atoms with Crippen molar-refractivity contribution in [2.75, 3.05) is 20.2 Å². The summed E-state index contributed by atoms with van der Waals surface area (Å²) in [5.41, 5.74) is 0. The van der Waals surface area contributed by atoms with E-state index in [2.05, 4.69) is 10.6 Å². The third-order valence-corrected chi connectivity index (χ3v) is 3.09. The molecule has 1 rings (SSSR count). The molecular weight excluding hydrogens is 204 g/mol. The van der Waals surface area contributed by atoms with Gasteiger partial charge in [0.25, 0.3) is 0 Å². The highest BCUT2D eigenvalue weighted by Crippen LogP contribution is 2.16. The fourth-order valence-electron chi connectivity index (χ4n) is 2.00. The molecule has 1 amide bonds. The van der Waals surface area contributed by atoms with Crippen LogP contribution in [-0.2, 0) is 9.53 Å². The topological polar surface area (TPSA) is 50.4 Å². The summed E-state index contributed by atoms with van der Waals surface area (Å²) < 4.78 is 5.09. The average Bonchev–Trinajstić information content (AvgIpc) is 2.30. The fraction of sp³-hybridized carbons (Fsp3) is 0.917. The van der Waals surface area contributed by atoms with Crippen molar-refractivity contribution in [3.63, 3.8) is 0 Å². The molecule has 1 aliphatic rings. The Morgan fingerprint density at radius 2 is 2.06 bits per heavy atom. The SMILES string of the molecule is COC(C)CNCC(=O)NC1CCCCC1. The lowest BCUT2D eigenvalue weighted by Crippen LogP contribution is -2.42. The van der Waals surface area contributed by atoms with E-state index in [0.717, 1.165) is 12.8 Å². The molecule has 0 aliphatic heterocycles. The molecule has 1 aliphatic carbocycles. The molecule has 0 aromatic heterocycles. The van der Waals surface area contributed by atoms with Crippen LogP contribution >= 0.6 is 0 Å². The van der Waals surface area contributed by atoms with Gasteiger partial charge in [-0.05, 0) is 19.8 Å². The number of amides is 1. The van der Waals surface area contributed by atoms with Crippen LogP contribution < -0.4 is 10.6 Å². The highest BCUT2D eigenvalue weighted by molar-refractivity contribution is 5.78. The summed E-state index contributed by atoms with van der Waals surface area (Å²) in [6.07, 6.45) is 6.25. The normalized spacial score (nSPS) is 19.4. The standard InChI is InChI=1S/C12H24N2O2/c1-10(16-2)8-13-9-12(15)14-11-6-4-3-5-7-11/h10-11,13H,3-9H2,1-2H3,(H,14,15). The highest BCUT2D eigenvalue weighted by Gasteiger charge is 2.15. The van der Waals surface area contributed by atoms with Gasteiger partial charge in [-0.25, -0.2) is 0 Å². The average molecular weight is 228 g/mol.